The Labute approximate surface area is 230 Å². The number of nitrogens with zero attached hydrogens (tertiary/aromatic N) is 6. The molecule has 1 atom stereocenters. The van der Waals surface area contributed by atoms with Gasteiger partial charge in [0.25, 0.3) is 10.1 Å². The standard InChI is InChI=1S/C20H14F9N7O.CH4O3S/c21-18(22,23)12-3-1-2-11(32-12)14-33-15(31-10-4-6-30-13(8-10)19(24,25)26)35-16(34-14)36-7-5-17(37,9-36)20(27,28)29;1-5(2,3)4/h1-4,6,8,37H,5,7,9H2,(H,30,31,33,34,35);1H3,(H,2,3,4). The summed E-state index contributed by atoms with van der Waals surface area (Å²) in [6.45, 7) is -1.38. The molecule has 3 aromatic rings. The van der Waals surface area contributed by atoms with Crippen molar-refractivity contribution < 1.29 is 57.6 Å². The number of rotatable bonds is 4. The van der Waals surface area contributed by atoms with E-state index >= 15 is 0 Å². The Kier molecular flexibility index (Phi) is 8.89. The monoisotopic (exact) mass is 635 g/mol. The third kappa shape index (κ3) is 8.58. The number of β-amino-alcohol motifs (C(OH)–C–C–N with tert-alkyl or cyclic N) is 1. The highest BCUT2D eigenvalue weighted by molar-refractivity contribution is 7.85. The van der Waals surface area contributed by atoms with E-state index in [2.05, 4.69) is 30.2 Å². The van der Waals surface area contributed by atoms with Crippen LogP contribution in [0.15, 0.2) is 36.5 Å². The van der Waals surface area contributed by atoms with Crippen LogP contribution in [-0.4, -0.2) is 74.1 Å². The molecule has 0 aromatic carbocycles. The highest BCUT2D eigenvalue weighted by atomic mass is 32.2. The fourth-order valence-electron chi connectivity index (χ4n) is 3.38. The van der Waals surface area contributed by atoms with Crippen LogP contribution in [0.5, 0.6) is 0 Å². The molecule has 1 aliphatic heterocycles. The van der Waals surface area contributed by atoms with Crippen LogP contribution in [0.1, 0.15) is 17.8 Å². The van der Waals surface area contributed by atoms with Crippen molar-refractivity contribution in [2.75, 3.05) is 29.6 Å². The number of aromatic nitrogens is 5. The summed E-state index contributed by atoms with van der Waals surface area (Å²) < 4.78 is 144. The summed E-state index contributed by atoms with van der Waals surface area (Å²) in [6, 6.07) is 4.48. The molecule has 1 unspecified atom stereocenters. The summed E-state index contributed by atoms with van der Waals surface area (Å²) >= 11 is 0. The second kappa shape index (κ2) is 11.4. The van der Waals surface area contributed by atoms with Crippen molar-refractivity contribution >= 4 is 27.7 Å². The smallest absolute Gasteiger partial charge is 0.379 e. The lowest BCUT2D eigenvalue weighted by Crippen LogP contribution is -2.47. The van der Waals surface area contributed by atoms with Crippen molar-refractivity contribution in [3.05, 3.63) is 47.9 Å². The van der Waals surface area contributed by atoms with Crippen LogP contribution >= 0.6 is 0 Å². The van der Waals surface area contributed by atoms with Crippen LogP contribution in [0.3, 0.4) is 0 Å². The fourth-order valence-corrected chi connectivity index (χ4v) is 3.38. The molecule has 3 aromatic heterocycles. The number of alkyl halides is 9. The van der Waals surface area contributed by atoms with Gasteiger partial charge in [0.2, 0.25) is 11.9 Å². The summed E-state index contributed by atoms with van der Waals surface area (Å²) in [5.41, 5.74) is -6.35. The van der Waals surface area contributed by atoms with E-state index in [1.165, 1.54) is 0 Å². The molecule has 42 heavy (non-hydrogen) atoms. The van der Waals surface area contributed by atoms with E-state index in [9.17, 15) is 53.0 Å². The summed E-state index contributed by atoms with van der Waals surface area (Å²) in [7, 11) is -3.67. The van der Waals surface area contributed by atoms with Gasteiger partial charge in [0, 0.05) is 24.8 Å². The molecule has 11 nitrogen and oxygen atoms in total. The topological polar surface area (TPSA) is 154 Å². The molecule has 3 N–H and O–H groups in total. The molecule has 4 heterocycles. The van der Waals surface area contributed by atoms with Gasteiger partial charge in [-0.3, -0.25) is 9.54 Å². The number of aliphatic hydroxyl groups is 1. The van der Waals surface area contributed by atoms with Crippen molar-refractivity contribution in [1.29, 1.82) is 0 Å². The molecule has 4 rings (SSSR count). The Morgan fingerprint density at radius 3 is 2.10 bits per heavy atom. The van der Waals surface area contributed by atoms with Crippen LogP contribution in [-0.2, 0) is 22.5 Å². The highest BCUT2D eigenvalue weighted by Gasteiger charge is 2.57. The van der Waals surface area contributed by atoms with Crippen molar-refractivity contribution in [2.24, 2.45) is 0 Å². The number of hydrogen-bond donors (Lipinski definition) is 3. The van der Waals surface area contributed by atoms with Crippen molar-refractivity contribution in [3.63, 3.8) is 0 Å². The SMILES string of the molecule is CS(=O)(=O)O.OC1(C(F)(F)F)CCN(c2nc(Nc3ccnc(C(F)(F)F)c3)nc(-c3cccc(C(F)(F)F)n3)n2)C1. The number of anilines is 3. The third-order valence-corrected chi connectivity index (χ3v) is 5.26. The summed E-state index contributed by atoms with van der Waals surface area (Å²) in [5.74, 6) is -1.48. The van der Waals surface area contributed by atoms with Crippen molar-refractivity contribution in [2.45, 2.75) is 30.6 Å². The molecule has 230 valence electrons. The highest BCUT2D eigenvalue weighted by Crippen LogP contribution is 2.39. The lowest BCUT2D eigenvalue weighted by atomic mass is 10.0. The van der Waals surface area contributed by atoms with Crippen LogP contribution < -0.4 is 10.2 Å². The molecular formula is C21H18F9N7O4S. The number of halogens is 9. The van der Waals surface area contributed by atoms with Gasteiger partial charge < -0.3 is 15.3 Å². The van der Waals surface area contributed by atoms with Crippen LogP contribution in [0.2, 0.25) is 0 Å². The zero-order chi connectivity index (χ0) is 31.7. The lowest BCUT2D eigenvalue weighted by Gasteiger charge is -2.26. The van der Waals surface area contributed by atoms with E-state index in [4.69, 9.17) is 4.55 Å². The van der Waals surface area contributed by atoms with E-state index in [1.807, 2.05) is 0 Å². The predicted molar refractivity (Wildman–Crippen MR) is 126 cm³/mol. The maximum atomic E-state index is 13.3. The van der Waals surface area contributed by atoms with Gasteiger partial charge in [0.05, 0.1) is 12.8 Å². The second-order valence-electron chi connectivity index (χ2n) is 8.67. The maximum Gasteiger partial charge on any atom is 0.433 e. The summed E-state index contributed by atoms with van der Waals surface area (Å²) in [4.78, 5) is 19.3. The maximum absolute atomic E-state index is 13.3. The van der Waals surface area contributed by atoms with Crippen molar-refractivity contribution in [3.8, 4) is 11.5 Å². The summed E-state index contributed by atoms with van der Waals surface area (Å²) in [6.07, 6.45) is -13.8. The Morgan fingerprint density at radius 2 is 1.55 bits per heavy atom. The molecular weight excluding hydrogens is 617 g/mol. The second-order valence-corrected chi connectivity index (χ2v) is 10.1. The minimum Gasteiger partial charge on any atom is -0.379 e. The molecule has 0 amide bonds. The van der Waals surface area contributed by atoms with Gasteiger partial charge in [0.1, 0.15) is 17.1 Å². The average molecular weight is 635 g/mol. The van der Waals surface area contributed by atoms with Gasteiger partial charge in [-0.1, -0.05) is 6.07 Å². The minimum absolute atomic E-state index is 0.226. The van der Waals surface area contributed by atoms with E-state index in [0.717, 1.165) is 29.3 Å². The molecule has 0 spiro atoms. The largest absolute Gasteiger partial charge is 0.433 e. The molecule has 1 aliphatic rings. The van der Waals surface area contributed by atoms with E-state index in [-0.39, 0.29) is 12.2 Å². The molecule has 0 radical (unpaired) electrons. The first-order valence-electron chi connectivity index (χ1n) is 11.1. The van der Waals surface area contributed by atoms with E-state index < -0.39 is 82.0 Å². The molecule has 0 bridgehead atoms. The van der Waals surface area contributed by atoms with Gasteiger partial charge in [-0.15, -0.1) is 0 Å². The lowest BCUT2D eigenvalue weighted by molar-refractivity contribution is -0.250. The van der Waals surface area contributed by atoms with Crippen LogP contribution in [0.4, 0.5) is 57.1 Å². The minimum atomic E-state index is -4.99. The first kappa shape index (κ1) is 32.7. The third-order valence-electron chi connectivity index (χ3n) is 5.26. The molecule has 1 fully saturated rings. The zero-order valence-corrected chi connectivity index (χ0v) is 21.6. The Hall–Kier alpha value is -3.85. The van der Waals surface area contributed by atoms with E-state index in [1.54, 1.807) is 0 Å². The summed E-state index contributed by atoms with van der Waals surface area (Å²) in [5, 5.41) is 12.4. The molecule has 21 heteroatoms. The van der Waals surface area contributed by atoms with Crippen LogP contribution in [0, 0.1) is 0 Å². The average Bonchev–Trinajstić information content (AvgIpc) is 3.26. The first-order chi connectivity index (χ1) is 19.0. The number of nitrogens with one attached hydrogen (secondary N) is 1. The predicted octanol–water partition coefficient (Wildman–Crippen LogP) is 4.12. The van der Waals surface area contributed by atoms with E-state index in [0.29, 0.717) is 18.4 Å². The van der Waals surface area contributed by atoms with Gasteiger partial charge >= 0.3 is 18.5 Å². The zero-order valence-electron chi connectivity index (χ0n) is 20.8. The molecule has 0 aliphatic carbocycles. The normalized spacial score (nSPS) is 18.0. The first-order valence-corrected chi connectivity index (χ1v) is 13.0. The van der Waals surface area contributed by atoms with Gasteiger partial charge in [0.15, 0.2) is 11.4 Å². The van der Waals surface area contributed by atoms with Gasteiger partial charge in [-0.2, -0.15) is 62.9 Å². The quantitative estimate of drug-likeness (QED) is 0.280. The number of pyridine rings is 2. The Balaban J connectivity index is 0.000000892. The number of hydrogen-bond acceptors (Lipinski definition) is 10. The molecule has 1 saturated heterocycles. The molecule has 0 saturated carbocycles. The van der Waals surface area contributed by atoms with Crippen LogP contribution in [0.25, 0.3) is 11.5 Å². The van der Waals surface area contributed by atoms with Gasteiger partial charge in [-0.25, -0.2) is 4.98 Å². The van der Waals surface area contributed by atoms with Gasteiger partial charge in [-0.05, 0) is 24.3 Å². The Morgan fingerprint density at radius 1 is 0.929 bits per heavy atom. The van der Waals surface area contributed by atoms with Crippen molar-refractivity contribution in [1.82, 2.24) is 24.9 Å². The fraction of sp³-hybridized carbons (Fsp3) is 0.381. The Bertz CT molecular complexity index is 1530.